The summed E-state index contributed by atoms with van der Waals surface area (Å²) in [6.07, 6.45) is 1.27. The Morgan fingerprint density at radius 3 is 2.84 bits per heavy atom. The van der Waals surface area contributed by atoms with Crippen molar-refractivity contribution in [1.29, 1.82) is 0 Å². The van der Waals surface area contributed by atoms with Crippen molar-refractivity contribution in [2.24, 2.45) is 0 Å². The Bertz CT molecular complexity index is 460. The molecule has 102 valence electrons. The van der Waals surface area contributed by atoms with Crippen molar-refractivity contribution in [2.45, 2.75) is 0 Å². The highest BCUT2D eigenvalue weighted by Gasteiger charge is 2.13. The van der Waals surface area contributed by atoms with E-state index < -0.39 is 11.8 Å². The van der Waals surface area contributed by atoms with E-state index in [2.05, 4.69) is 17.2 Å². The summed E-state index contributed by atoms with van der Waals surface area (Å²) in [5.74, 6) is -0.875. The lowest BCUT2D eigenvalue weighted by atomic mass is 10.3. The van der Waals surface area contributed by atoms with Crippen molar-refractivity contribution in [3.63, 3.8) is 0 Å². The molecule has 0 saturated heterocycles. The van der Waals surface area contributed by atoms with E-state index >= 15 is 0 Å². The fourth-order valence-corrected chi connectivity index (χ4v) is 1.28. The van der Waals surface area contributed by atoms with Crippen LogP contribution in [0.4, 0.5) is 5.69 Å². The number of carbonyl (C=O) groups is 2. The Labute approximate surface area is 111 Å². The van der Waals surface area contributed by atoms with Gasteiger partial charge in [0.25, 0.3) is 0 Å². The van der Waals surface area contributed by atoms with Crippen molar-refractivity contribution in [1.82, 2.24) is 5.32 Å². The Morgan fingerprint density at radius 2 is 2.16 bits per heavy atom. The van der Waals surface area contributed by atoms with Gasteiger partial charge in [-0.05, 0) is 12.1 Å². The van der Waals surface area contributed by atoms with Gasteiger partial charge < -0.3 is 20.1 Å². The molecule has 6 nitrogen and oxygen atoms in total. The summed E-state index contributed by atoms with van der Waals surface area (Å²) in [5.41, 5.74) is 0.488. The van der Waals surface area contributed by atoms with Gasteiger partial charge in [0.2, 0.25) is 0 Å². The normalized spacial score (nSPS) is 9.32. The third-order valence-electron chi connectivity index (χ3n) is 2.16. The number of carbonyl (C=O) groups excluding carboxylic acids is 2. The molecule has 0 aliphatic carbocycles. The number of anilines is 1. The number of rotatable bonds is 6. The number of ether oxygens (including phenoxy) is 2. The monoisotopic (exact) mass is 264 g/mol. The maximum absolute atomic E-state index is 11.6. The fraction of sp³-hybridized carbons (Fsp3) is 0.231. The summed E-state index contributed by atoms with van der Waals surface area (Å²) in [4.78, 5) is 23.0. The molecule has 0 atom stereocenters. The summed E-state index contributed by atoms with van der Waals surface area (Å²) >= 11 is 0. The maximum Gasteiger partial charge on any atom is 0.313 e. The zero-order valence-electron chi connectivity index (χ0n) is 10.6. The lowest BCUT2D eigenvalue weighted by molar-refractivity contribution is -0.136. The van der Waals surface area contributed by atoms with Crippen molar-refractivity contribution >= 4 is 17.5 Å². The van der Waals surface area contributed by atoms with E-state index in [9.17, 15) is 9.59 Å². The van der Waals surface area contributed by atoms with E-state index in [1.165, 1.54) is 13.4 Å². The van der Waals surface area contributed by atoms with Crippen LogP contribution in [0, 0.1) is 0 Å². The average Bonchev–Trinajstić information content (AvgIpc) is 2.43. The summed E-state index contributed by atoms with van der Waals surface area (Å²) in [5, 5.41) is 4.88. The smallest absolute Gasteiger partial charge is 0.313 e. The average molecular weight is 264 g/mol. The molecule has 1 aromatic carbocycles. The van der Waals surface area contributed by atoms with Crippen molar-refractivity contribution < 1.29 is 19.1 Å². The largest absolute Gasteiger partial charge is 0.500 e. The van der Waals surface area contributed by atoms with Crippen LogP contribution in [0.2, 0.25) is 0 Å². The minimum Gasteiger partial charge on any atom is -0.500 e. The number of hydrogen-bond donors (Lipinski definition) is 2. The van der Waals surface area contributed by atoms with Gasteiger partial charge in [-0.15, -0.1) is 0 Å². The second-order valence-corrected chi connectivity index (χ2v) is 3.48. The zero-order valence-corrected chi connectivity index (χ0v) is 10.6. The van der Waals surface area contributed by atoms with Gasteiger partial charge in [-0.2, -0.15) is 0 Å². The molecule has 2 N–H and O–H groups in total. The molecule has 0 aromatic heterocycles. The molecule has 0 unspecified atom stereocenters. The molecule has 19 heavy (non-hydrogen) atoms. The minimum absolute atomic E-state index is 0.233. The third-order valence-corrected chi connectivity index (χ3v) is 2.16. The maximum atomic E-state index is 11.6. The van der Waals surface area contributed by atoms with E-state index in [-0.39, 0.29) is 13.2 Å². The van der Waals surface area contributed by atoms with Crippen molar-refractivity contribution in [3.05, 3.63) is 37.1 Å². The lowest BCUT2D eigenvalue weighted by Crippen LogP contribution is -2.37. The highest BCUT2D eigenvalue weighted by atomic mass is 16.5. The van der Waals surface area contributed by atoms with Gasteiger partial charge in [-0.25, -0.2) is 0 Å². The Kier molecular flexibility index (Phi) is 5.94. The number of methoxy groups -OCH3 is 1. The second kappa shape index (κ2) is 7.75. The first kappa shape index (κ1) is 14.6. The molecular formula is C13H16N2O4. The number of hydrogen-bond acceptors (Lipinski definition) is 4. The quantitative estimate of drug-likeness (QED) is 0.455. The third kappa shape index (κ3) is 5.12. The first-order chi connectivity index (χ1) is 9.17. The van der Waals surface area contributed by atoms with Gasteiger partial charge in [0, 0.05) is 11.8 Å². The van der Waals surface area contributed by atoms with Gasteiger partial charge in [-0.1, -0.05) is 12.6 Å². The Balaban J connectivity index is 2.44. The standard InChI is InChI=1S/C13H16N2O4/c1-3-19-8-7-14-12(16)13(17)15-10-5-4-6-11(9-10)18-2/h3-6,9H,1,7-8H2,2H3,(H,14,16)(H,15,17). The summed E-state index contributed by atoms with van der Waals surface area (Å²) in [6.45, 7) is 3.86. The van der Waals surface area contributed by atoms with Crippen LogP contribution in [-0.2, 0) is 14.3 Å². The molecule has 2 amide bonds. The van der Waals surface area contributed by atoms with Crippen molar-refractivity contribution in [3.8, 4) is 5.75 Å². The highest BCUT2D eigenvalue weighted by Crippen LogP contribution is 2.16. The summed E-state index contributed by atoms with van der Waals surface area (Å²) in [6, 6.07) is 6.73. The minimum atomic E-state index is -0.744. The molecule has 0 saturated carbocycles. The predicted molar refractivity (Wildman–Crippen MR) is 70.8 cm³/mol. The summed E-state index contributed by atoms with van der Waals surface area (Å²) in [7, 11) is 1.52. The van der Waals surface area contributed by atoms with E-state index in [0.29, 0.717) is 11.4 Å². The molecule has 0 heterocycles. The van der Waals surface area contributed by atoms with E-state index in [0.717, 1.165) is 0 Å². The number of amides is 2. The summed E-state index contributed by atoms with van der Waals surface area (Å²) < 4.78 is 9.82. The molecule has 6 heteroatoms. The topological polar surface area (TPSA) is 76.7 Å². The first-order valence-corrected chi connectivity index (χ1v) is 5.63. The van der Waals surface area contributed by atoms with Gasteiger partial charge in [0.15, 0.2) is 0 Å². The molecule has 1 aromatic rings. The highest BCUT2D eigenvalue weighted by molar-refractivity contribution is 6.39. The first-order valence-electron chi connectivity index (χ1n) is 5.63. The van der Waals surface area contributed by atoms with Gasteiger partial charge in [0.05, 0.1) is 19.9 Å². The molecule has 0 aliphatic heterocycles. The molecule has 0 fully saturated rings. The van der Waals surface area contributed by atoms with Crippen LogP contribution in [0.15, 0.2) is 37.1 Å². The van der Waals surface area contributed by atoms with Crippen LogP contribution in [0.25, 0.3) is 0 Å². The lowest BCUT2D eigenvalue weighted by Gasteiger charge is -2.07. The van der Waals surface area contributed by atoms with E-state index in [1.54, 1.807) is 24.3 Å². The van der Waals surface area contributed by atoms with Crippen LogP contribution in [0.3, 0.4) is 0 Å². The molecular weight excluding hydrogens is 248 g/mol. The van der Waals surface area contributed by atoms with Gasteiger partial charge >= 0.3 is 11.8 Å². The van der Waals surface area contributed by atoms with E-state index in [1.807, 2.05) is 0 Å². The van der Waals surface area contributed by atoms with Gasteiger partial charge in [0.1, 0.15) is 12.4 Å². The molecule has 0 spiro atoms. The molecule has 1 rings (SSSR count). The second-order valence-electron chi connectivity index (χ2n) is 3.48. The van der Waals surface area contributed by atoms with Crippen LogP contribution in [0.5, 0.6) is 5.75 Å². The van der Waals surface area contributed by atoms with Crippen LogP contribution in [-0.4, -0.2) is 32.1 Å². The Hall–Kier alpha value is -2.50. The molecule has 0 radical (unpaired) electrons. The van der Waals surface area contributed by atoms with Crippen molar-refractivity contribution in [2.75, 3.05) is 25.6 Å². The number of benzene rings is 1. The Morgan fingerprint density at radius 1 is 1.37 bits per heavy atom. The van der Waals surface area contributed by atoms with E-state index in [4.69, 9.17) is 9.47 Å². The predicted octanol–water partition coefficient (Wildman–Crippen LogP) is 0.910. The fourth-order valence-electron chi connectivity index (χ4n) is 1.28. The van der Waals surface area contributed by atoms with Crippen LogP contribution in [0.1, 0.15) is 0 Å². The van der Waals surface area contributed by atoms with Crippen LogP contribution >= 0.6 is 0 Å². The molecule has 0 aliphatic rings. The SMILES string of the molecule is C=COCCNC(=O)C(=O)Nc1cccc(OC)c1. The number of nitrogens with one attached hydrogen (secondary N) is 2. The van der Waals surface area contributed by atoms with Crippen LogP contribution < -0.4 is 15.4 Å². The van der Waals surface area contributed by atoms with Gasteiger partial charge in [-0.3, -0.25) is 9.59 Å². The molecule has 0 bridgehead atoms. The zero-order chi connectivity index (χ0) is 14.1.